The molecule has 0 amide bonds. The van der Waals surface area contributed by atoms with Crippen molar-refractivity contribution >= 4 is 45.3 Å². The van der Waals surface area contributed by atoms with Crippen LogP contribution in [-0.2, 0) is 23.0 Å². The Hall–Kier alpha value is -1.92. The summed E-state index contributed by atoms with van der Waals surface area (Å²) in [5, 5.41) is 7.89. The first-order chi connectivity index (χ1) is 13.8. The van der Waals surface area contributed by atoms with Gasteiger partial charge in [-0.1, -0.05) is 51.8 Å². The standard InChI is InChI=1S/C23H30N2O2S2/c1-23(2,3)16-12-9-10-13-17(16)24-22(28)25-20-19(21(26)27-4)15-11-7-5-6-8-14-18(15)29-20/h9-10,12-13H,5-8,11,14H2,1-4H3,(H2,24,25,28). The average Bonchev–Trinajstić information content (AvgIpc) is 2.96. The molecule has 0 spiro atoms. The summed E-state index contributed by atoms with van der Waals surface area (Å²) in [6.45, 7) is 6.54. The highest BCUT2D eigenvalue weighted by Crippen LogP contribution is 2.38. The molecule has 0 bridgehead atoms. The predicted octanol–water partition coefficient (Wildman–Crippen LogP) is 6.30. The summed E-state index contributed by atoms with van der Waals surface area (Å²) in [7, 11) is 1.44. The van der Waals surface area contributed by atoms with Gasteiger partial charge in [0.2, 0.25) is 0 Å². The van der Waals surface area contributed by atoms with Gasteiger partial charge in [-0.25, -0.2) is 4.79 Å². The fraction of sp³-hybridized carbons (Fsp3) is 0.478. The highest BCUT2D eigenvalue weighted by molar-refractivity contribution is 7.80. The van der Waals surface area contributed by atoms with Crippen molar-refractivity contribution in [3.8, 4) is 0 Å². The van der Waals surface area contributed by atoms with Crippen molar-refractivity contribution in [2.75, 3.05) is 17.7 Å². The number of thiophene rings is 1. The number of anilines is 2. The van der Waals surface area contributed by atoms with E-state index in [1.54, 1.807) is 11.3 Å². The lowest BCUT2D eigenvalue weighted by Gasteiger charge is -2.23. The summed E-state index contributed by atoms with van der Waals surface area (Å²) < 4.78 is 5.10. The Morgan fingerprint density at radius 2 is 1.76 bits per heavy atom. The lowest BCUT2D eigenvalue weighted by atomic mass is 9.86. The monoisotopic (exact) mass is 430 g/mol. The van der Waals surface area contributed by atoms with Crippen LogP contribution in [0, 0.1) is 0 Å². The van der Waals surface area contributed by atoms with Crippen LogP contribution < -0.4 is 10.6 Å². The maximum Gasteiger partial charge on any atom is 0.341 e. The van der Waals surface area contributed by atoms with E-state index in [4.69, 9.17) is 17.0 Å². The molecule has 1 aliphatic rings. The first-order valence-electron chi connectivity index (χ1n) is 10.2. The van der Waals surface area contributed by atoms with Gasteiger partial charge in [-0.2, -0.15) is 0 Å². The Labute approximate surface area is 183 Å². The number of aryl methyl sites for hydroxylation is 1. The predicted molar refractivity (Wildman–Crippen MR) is 127 cm³/mol. The Balaban J connectivity index is 1.87. The number of fused-ring (bicyclic) bond motifs is 1. The van der Waals surface area contributed by atoms with Gasteiger partial charge in [-0.05, 0) is 60.5 Å². The van der Waals surface area contributed by atoms with Crippen LogP contribution in [-0.4, -0.2) is 18.2 Å². The fourth-order valence-electron chi connectivity index (χ4n) is 3.83. The van der Waals surface area contributed by atoms with Crippen molar-refractivity contribution in [1.29, 1.82) is 0 Å². The molecule has 3 rings (SSSR count). The summed E-state index contributed by atoms with van der Waals surface area (Å²) in [5.41, 5.74) is 3.96. The SMILES string of the molecule is COC(=O)c1c(NC(=S)Nc2ccccc2C(C)(C)C)sc2c1CCCCCC2. The molecule has 4 nitrogen and oxygen atoms in total. The van der Waals surface area contributed by atoms with Crippen molar-refractivity contribution in [1.82, 2.24) is 0 Å². The number of hydrogen-bond acceptors (Lipinski definition) is 4. The van der Waals surface area contributed by atoms with Gasteiger partial charge in [0.05, 0.1) is 12.7 Å². The minimum Gasteiger partial charge on any atom is -0.465 e. The zero-order chi connectivity index (χ0) is 21.0. The lowest BCUT2D eigenvalue weighted by Crippen LogP contribution is -2.23. The van der Waals surface area contributed by atoms with E-state index in [0.29, 0.717) is 10.7 Å². The van der Waals surface area contributed by atoms with Gasteiger partial charge in [-0.3, -0.25) is 0 Å². The highest BCUT2D eigenvalue weighted by Gasteiger charge is 2.25. The van der Waals surface area contributed by atoms with Gasteiger partial charge in [0.1, 0.15) is 5.00 Å². The van der Waals surface area contributed by atoms with Crippen LogP contribution in [0.4, 0.5) is 10.7 Å². The number of nitrogens with one attached hydrogen (secondary N) is 2. The Kier molecular flexibility index (Phi) is 6.96. The van der Waals surface area contributed by atoms with Crippen molar-refractivity contribution in [2.45, 2.75) is 64.7 Å². The number of rotatable bonds is 3. The number of thiocarbonyl (C=S) groups is 1. The molecule has 0 fully saturated rings. The van der Waals surface area contributed by atoms with Gasteiger partial charge >= 0.3 is 5.97 Å². The van der Waals surface area contributed by atoms with Crippen LogP contribution in [0.1, 0.15) is 72.8 Å². The molecular formula is C23H30N2O2S2. The summed E-state index contributed by atoms with van der Waals surface area (Å²) in [4.78, 5) is 13.9. The quantitative estimate of drug-likeness (QED) is 0.442. The van der Waals surface area contributed by atoms with Crippen LogP contribution >= 0.6 is 23.6 Å². The van der Waals surface area contributed by atoms with Crippen molar-refractivity contribution in [3.63, 3.8) is 0 Å². The summed E-state index contributed by atoms with van der Waals surface area (Å²) in [5.74, 6) is -0.288. The molecule has 0 radical (unpaired) electrons. The fourth-order valence-corrected chi connectivity index (χ4v) is 5.39. The van der Waals surface area contributed by atoms with E-state index in [-0.39, 0.29) is 11.4 Å². The smallest absolute Gasteiger partial charge is 0.341 e. The van der Waals surface area contributed by atoms with Crippen molar-refractivity contribution < 1.29 is 9.53 Å². The third kappa shape index (κ3) is 5.17. The summed E-state index contributed by atoms with van der Waals surface area (Å²) in [6.07, 6.45) is 6.66. The molecule has 1 aromatic carbocycles. The number of ether oxygens (including phenoxy) is 1. The summed E-state index contributed by atoms with van der Waals surface area (Å²) >= 11 is 7.25. The van der Waals surface area contributed by atoms with Crippen LogP contribution in [0.5, 0.6) is 0 Å². The molecule has 156 valence electrons. The normalized spacial score (nSPS) is 14.3. The molecule has 0 unspecified atom stereocenters. The van der Waals surface area contributed by atoms with Crippen LogP contribution in [0.15, 0.2) is 24.3 Å². The molecule has 29 heavy (non-hydrogen) atoms. The first kappa shape index (κ1) is 21.8. The number of methoxy groups -OCH3 is 1. The number of carbonyl (C=O) groups is 1. The van der Waals surface area contributed by atoms with E-state index in [2.05, 4.69) is 37.5 Å². The Bertz CT molecular complexity index is 897. The molecule has 1 heterocycles. The third-order valence-corrected chi connectivity index (χ3v) is 6.68. The second-order valence-electron chi connectivity index (χ2n) is 8.49. The summed E-state index contributed by atoms with van der Waals surface area (Å²) in [6, 6.07) is 8.18. The minimum absolute atomic E-state index is 0.00505. The van der Waals surface area contributed by atoms with E-state index >= 15 is 0 Å². The van der Waals surface area contributed by atoms with E-state index < -0.39 is 0 Å². The maximum absolute atomic E-state index is 12.6. The molecule has 2 aromatic rings. The van der Waals surface area contributed by atoms with Crippen molar-refractivity contribution in [2.24, 2.45) is 0 Å². The number of benzene rings is 1. The second-order valence-corrected chi connectivity index (χ2v) is 10.0. The van der Waals surface area contributed by atoms with Gasteiger partial charge in [0.15, 0.2) is 5.11 Å². The lowest BCUT2D eigenvalue weighted by molar-refractivity contribution is 0.0601. The van der Waals surface area contributed by atoms with Crippen LogP contribution in [0.2, 0.25) is 0 Å². The van der Waals surface area contributed by atoms with E-state index in [9.17, 15) is 4.79 Å². The van der Waals surface area contributed by atoms with Gasteiger partial charge < -0.3 is 15.4 Å². The number of esters is 1. The largest absolute Gasteiger partial charge is 0.465 e. The maximum atomic E-state index is 12.6. The van der Waals surface area contributed by atoms with Gasteiger partial charge in [0, 0.05) is 10.6 Å². The van der Waals surface area contributed by atoms with E-state index in [0.717, 1.165) is 41.9 Å². The van der Waals surface area contributed by atoms with Gasteiger partial charge in [-0.15, -0.1) is 11.3 Å². The molecule has 1 aromatic heterocycles. The zero-order valence-corrected chi connectivity index (χ0v) is 19.3. The Morgan fingerprint density at radius 1 is 1.07 bits per heavy atom. The average molecular weight is 431 g/mol. The molecular weight excluding hydrogens is 400 g/mol. The zero-order valence-electron chi connectivity index (χ0n) is 17.7. The molecule has 0 saturated heterocycles. The van der Waals surface area contributed by atoms with Crippen LogP contribution in [0.3, 0.4) is 0 Å². The highest BCUT2D eigenvalue weighted by atomic mass is 32.1. The Morgan fingerprint density at radius 3 is 2.45 bits per heavy atom. The van der Waals surface area contributed by atoms with Crippen molar-refractivity contribution in [3.05, 3.63) is 45.8 Å². The van der Waals surface area contributed by atoms with E-state index in [1.807, 2.05) is 18.2 Å². The minimum atomic E-state index is -0.288. The molecule has 2 N–H and O–H groups in total. The second kappa shape index (κ2) is 9.26. The molecule has 0 aliphatic heterocycles. The molecule has 0 atom stereocenters. The van der Waals surface area contributed by atoms with Crippen LogP contribution in [0.25, 0.3) is 0 Å². The molecule has 1 aliphatic carbocycles. The molecule has 6 heteroatoms. The number of hydrogen-bond donors (Lipinski definition) is 2. The number of para-hydroxylation sites is 1. The number of carbonyl (C=O) groups excluding carboxylic acids is 1. The molecule has 0 saturated carbocycles. The van der Waals surface area contributed by atoms with Gasteiger partial charge in [0.25, 0.3) is 0 Å². The third-order valence-electron chi connectivity index (χ3n) is 5.27. The topological polar surface area (TPSA) is 50.4 Å². The first-order valence-corrected chi connectivity index (χ1v) is 11.4. The van der Waals surface area contributed by atoms with E-state index in [1.165, 1.54) is 30.4 Å².